The molecular formula is C15H19N3O2. The van der Waals surface area contributed by atoms with Crippen LogP contribution in [0.5, 0.6) is 11.5 Å². The van der Waals surface area contributed by atoms with Gasteiger partial charge in [0.2, 0.25) is 0 Å². The number of hydrogen-bond donors (Lipinski definition) is 1. The van der Waals surface area contributed by atoms with Crippen LogP contribution in [0.15, 0.2) is 30.6 Å². The van der Waals surface area contributed by atoms with Crippen LogP contribution < -0.4 is 14.8 Å². The van der Waals surface area contributed by atoms with Crippen LogP contribution in [-0.2, 0) is 0 Å². The second-order valence-corrected chi connectivity index (χ2v) is 4.26. The third-order valence-electron chi connectivity index (χ3n) is 2.87. The number of methoxy groups -OCH3 is 2. The Morgan fingerprint density at radius 3 is 2.70 bits per heavy atom. The number of para-hydroxylation sites is 1. The van der Waals surface area contributed by atoms with E-state index in [1.54, 1.807) is 26.6 Å². The van der Waals surface area contributed by atoms with Crippen molar-refractivity contribution >= 4 is 5.82 Å². The van der Waals surface area contributed by atoms with Crippen LogP contribution in [0, 0.1) is 0 Å². The molecule has 106 valence electrons. The van der Waals surface area contributed by atoms with Gasteiger partial charge in [0.1, 0.15) is 5.82 Å². The average molecular weight is 273 g/mol. The second-order valence-electron chi connectivity index (χ2n) is 4.26. The van der Waals surface area contributed by atoms with Crippen molar-refractivity contribution in [1.82, 2.24) is 9.97 Å². The van der Waals surface area contributed by atoms with Crippen molar-refractivity contribution in [3.63, 3.8) is 0 Å². The van der Waals surface area contributed by atoms with Gasteiger partial charge in [0.15, 0.2) is 11.5 Å². The minimum absolute atomic E-state index is 0.664. The summed E-state index contributed by atoms with van der Waals surface area (Å²) in [5.41, 5.74) is 1.61. The van der Waals surface area contributed by atoms with Crippen LogP contribution in [0.1, 0.15) is 13.3 Å². The van der Waals surface area contributed by atoms with E-state index in [0.717, 1.165) is 30.0 Å². The lowest BCUT2D eigenvalue weighted by Gasteiger charge is -2.12. The summed E-state index contributed by atoms with van der Waals surface area (Å²) in [5.74, 6) is 2.10. The molecule has 0 amide bonds. The number of ether oxygens (including phenoxy) is 2. The van der Waals surface area contributed by atoms with Crippen LogP contribution in [0.4, 0.5) is 5.82 Å². The van der Waals surface area contributed by atoms with Crippen LogP contribution in [0.2, 0.25) is 0 Å². The molecule has 2 rings (SSSR count). The molecule has 1 heterocycles. The molecule has 1 aromatic carbocycles. The van der Waals surface area contributed by atoms with Crippen molar-refractivity contribution in [3.8, 4) is 22.8 Å². The lowest BCUT2D eigenvalue weighted by molar-refractivity contribution is 0.356. The molecule has 0 bridgehead atoms. The SMILES string of the molecule is CCCNc1cncc(-c2cccc(OC)c2OC)n1. The Labute approximate surface area is 119 Å². The second kappa shape index (κ2) is 6.75. The Kier molecular flexibility index (Phi) is 4.76. The van der Waals surface area contributed by atoms with E-state index in [2.05, 4.69) is 22.2 Å². The van der Waals surface area contributed by atoms with Gasteiger partial charge in [-0.2, -0.15) is 0 Å². The Morgan fingerprint density at radius 2 is 2.00 bits per heavy atom. The molecule has 0 unspecified atom stereocenters. The molecule has 0 aliphatic carbocycles. The largest absolute Gasteiger partial charge is 0.493 e. The number of benzene rings is 1. The fraction of sp³-hybridized carbons (Fsp3) is 0.333. The monoisotopic (exact) mass is 273 g/mol. The highest BCUT2D eigenvalue weighted by atomic mass is 16.5. The Hall–Kier alpha value is -2.30. The van der Waals surface area contributed by atoms with Gasteiger partial charge in [-0.3, -0.25) is 4.98 Å². The molecule has 0 spiro atoms. The first-order valence-electron chi connectivity index (χ1n) is 6.57. The zero-order valence-electron chi connectivity index (χ0n) is 12.0. The Bertz CT molecular complexity index is 573. The molecule has 5 heteroatoms. The van der Waals surface area contributed by atoms with E-state index in [9.17, 15) is 0 Å². The van der Waals surface area contributed by atoms with Crippen molar-refractivity contribution < 1.29 is 9.47 Å². The molecule has 0 atom stereocenters. The molecule has 20 heavy (non-hydrogen) atoms. The number of nitrogens with zero attached hydrogens (tertiary/aromatic N) is 2. The van der Waals surface area contributed by atoms with Crippen LogP contribution >= 0.6 is 0 Å². The predicted octanol–water partition coefficient (Wildman–Crippen LogP) is 2.98. The van der Waals surface area contributed by atoms with Crippen LogP contribution in [0.25, 0.3) is 11.3 Å². The van der Waals surface area contributed by atoms with Gasteiger partial charge in [-0.1, -0.05) is 13.0 Å². The third kappa shape index (κ3) is 2.99. The summed E-state index contributed by atoms with van der Waals surface area (Å²) in [4.78, 5) is 8.78. The normalized spacial score (nSPS) is 10.2. The maximum Gasteiger partial charge on any atom is 0.170 e. The number of anilines is 1. The summed E-state index contributed by atoms with van der Waals surface area (Å²) in [7, 11) is 3.24. The fourth-order valence-electron chi connectivity index (χ4n) is 1.92. The van der Waals surface area contributed by atoms with Crippen molar-refractivity contribution in [1.29, 1.82) is 0 Å². The smallest absolute Gasteiger partial charge is 0.170 e. The van der Waals surface area contributed by atoms with Gasteiger partial charge < -0.3 is 14.8 Å². The van der Waals surface area contributed by atoms with Crippen molar-refractivity contribution in [2.75, 3.05) is 26.1 Å². The quantitative estimate of drug-likeness (QED) is 0.876. The molecule has 1 N–H and O–H groups in total. The number of nitrogens with one attached hydrogen (secondary N) is 1. The van der Waals surface area contributed by atoms with Gasteiger partial charge in [0, 0.05) is 12.1 Å². The maximum absolute atomic E-state index is 5.43. The minimum atomic E-state index is 0.664. The molecule has 1 aromatic heterocycles. The van der Waals surface area contributed by atoms with E-state index in [4.69, 9.17) is 9.47 Å². The van der Waals surface area contributed by atoms with E-state index < -0.39 is 0 Å². The highest BCUT2D eigenvalue weighted by molar-refractivity contribution is 5.71. The van der Waals surface area contributed by atoms with E-state index in [1.807, 2.05) is 18.2 Å². The summed E-state index contributed by atoms with van der Waals surface area (Å²) in [6.07, 6.45) is 4.47. The van der Waals surface area contributed by atoms with E-state index in [-0.39, 0.29) is 0 Å². The number of rotatable bonds is 6. The molecule has 0 saturated heterocycles. The molecule has 0 radical (unpaired) electrons. The molecule has 0 aliphatic rings. The molecule has 2 aromatic rings. The highest BCUT2D eigenvalue weighted by Crippen LogP contribution is 2.36. The first kappa shape index (κ1) is 14.1. The number of aromatic nitrogens is 2. The van der Waals surface area contributed by atoms with Gasteiger partial charge in [-0.25, -0.2) is 4.98 Å². The van der Waals surface area contributed by atoms with Gasteiger partial charge in [-0.15, -0.1) is 0 Å². The first-order chi connectivity index (χ1) is 9.80. The fourth-order valence-corrected chi connectivity index (χ4v) is 1.92. The minimum Gasteiger partial charge on any atom is -0.493 e. The van der Waals surface area contributed by atoms with Gasteiger partial charge in [-0.05, 0) is 18.6 Å². The Balaban J connectivity index is 2.40. The standard InChI is InChI=1S/C15H19N3O2/c1-4-8-17-14-10-16-9-12(18-14)11-6-5-7-13(19-2)15(11)20-3/h5-7,9-10H,4,8H2,1-3H3,(H,17,18). The zero-order chi connectivity index (χ0) is 14.4. The van der Waals surface area contributed by atoms with Gasteiger partial charge in [0.25, 0.3) is 0 Å². The lowest BCUT2D eigenvalue weighted by atomic mass is 10.1. The zero-order valence-corrected chi connectivity index (χ0v) is 12.0. The topological polar surface area (TPSA) is 56.3 Å². The molecular weight excluding hydrogens is 254 g/mol. The summed E-state index contributed by atoms with van der Waals surface area (Å²) in [6, 6.07) is 5.70. The first-order valence-corrected chi connectivity index (χ1v) is 6.57. The van der Waals surface area contributed by atoms with Crippen molar-refractivity contribution in [2.45, 2.75) is 13.3 Å². The van der Waals surface area contributed by atoms with Crippen LogP contribution in [0.3, 0.4) is 0 Å². The molecule has 5 nitrogen and oxygen atoms in total. The summed E-state index contributed by atoms with van der Waals surface area (Å²) < 4.78 is 10.7. The Morgan fingerprint density at radius 1 is 1.15 bits per heavy atom. The highest BCUT2D eigenvalue weighted by Gasteiger charge is 2.13. The van der Waals surface area contributed by atoms with E-state index in [0.29, 0.717) is 11.5 Å². The van der Waals surface area contributed by atoms with Crippen molar-refractivity contribution in [2.24, 2.45) is 0 Å². The summed E-state index contributed by atoms with van der Waals surface area (Å²) >= 11 is 0. The van der Waals surface area contributed by atoms with Gasteiger partial charge in [0.05, 0.1) is 32.3 Å². The molecule has 0 fully saturated rings. The van der Waals surface area contributed by atoms with E-state index in [1.165, 1.54) is 0 Å². The summed E-state index contributed by atoms with van der Waals surface area (Å²) in [6.45, 7) is 2.97. The number of hydrogen-bond acceptors (Lipinski definition) is 5. The maximum atomic E-state index is 5.43. The predicted molar refractivity (Wildman–Crippen MR) is 79.4 cm³/mol. The molecule has 0 saturated carbocycles. The van der Waals surface area contributed by atoms with Gasteiger partial charge >= 0.3 is 0 Å². The third-order valence-corrected chi connectivity index (χ3v) is 2.87. The summed E-state index contributed by atoms with van der Waals surface area (Å²) in [5, 5.41) is 3.22. The van der Waals surface area contributed by atoms with Crippen molar-refractivity contribution in [3.05, 3.63) is 30.6 Å². The average Bonchev–Trinajstić information content (AvgIpc) is 2.52. The molecule has 0 aliphatic heterocycles. The van der Waals surface area contributed by atoms with E-state index >= 15 is 0 Å². The lowest BCUT2D eigenvalue weighted by Crippen LogP contribution is -2.03. The van der Waals surface area contributed by atoms with Crippen LogP contribution in [-0.4, -0.2) is 30.7 Å².